The van der Waals surface area contributed by atoms with Crippen LogP contribution in [0, 0.1) is 0 Å². The topological polar surface area (TPSA) is 79.4 Å². The maximum atomic E-state index is 12.8. The fourth-order valence-corrected chi connectivity index (χ4v) is 3.54. The molecule has 0 bridgehead atoms. The van der Waals surface area contributed by atoms with Crippen molar-refractivity contribution in [3.05, 3.63) is 40.9 Å². The molecule has 0 unspecified atom stereocenters. The second kappa shape index (κ2) is 8.09. The molecule has 28 heavy (non-hydrogen) atoms. The highest BCUT2D eigenvalue weighted by molar-refractivity contribution is 7.13. The summed E-state index contributed by atoms with van der Waals surface area (Å²) in [6.07, 6.45) is -3.59. The molecule has 1 saturated heterocycles. The van der Waals surface area contributed by atoms with E-state index in [1.165, 1.54) is 22.4 Å². The number of thiazole rings is 1. The van der Waals surface area contributed by atoms with E-state index in [1.54, 1.807) is 0 Å². The summed E-state index contributed by atoms with van der Waals surface area (Å²) in [4.78, 5) is 40.4. The van der Waals surface area contributed by atoms with Gasteiger partial charge in [-0.3, -0.25) is 19.3 Å². The van der Waals surface area contributed by atoms with Crippen molar-refractivity contribution < 1.29 is 27.6 Å². The molecule has 10 heteroatoms. The Hall–Kier alpha value is -2.75. The van der Waals surface area contributed by atoms with Crippen LogP contribution in [0.3, 0.4) is 0 Å². The molecule has 1 aromatic heterocycles. The smallest absolute Gasteiger partial charge is 0.351 e. The second-order valence-corrected chi connectivity index (χ2v) is 7.02. The highest BCUT2D eigenvalue weighted by atomic mass is 32.1. The minimum Gasteiger partial charge on any atom is -0.351 e. The molecule has 0 saturated carbocycles. The third kappa shape index (κ3) is 4.56. The molecule has 1 aliphatic heterocycles. The molecule has 1 aliphatic rings. The first kappa shape index (κ1) is 20.0. The molecular weight excluding hydrogens is 395 g/mol. The summed E-state index contributed by atoms with van der Waals surface area (Å²) in [5, 5.41) is 4.41. The third-order valence-electron chi connectivity index (χ3n) is 4.17. The molecule has 3 rings (SSSR count). The monoisotopic (exact) mass is 411 g/mol. The molecule has 1 aromatic carbocycles. The van der Waals surface area contributed by atoms with Gasteiger partial charge in [-0.25, -0.2) is 4.98 Å². The fraction of sp³-hybridized carbons (Fsp3) is 0.333. The number of nitrogens with one attached hydrogen (secondary N) is 1. The van der Waals surface area contributed by atoms with E-state index in [2.05, 4.69) is 10.3 Å². The lowest BCUT2D eigenvalue weighted by atomic mass is 10.1. The Bertz CT molecular complexity index is 895. The number of rotatable bonds is 6. The van der Waals surface area contributed by atoms with Crippen LogP contribution in [0.2, 0.25) is 0 Å². The van der Waals surface area contributed by atoms with E-state index in [0.717, 1.165) is 23.5 Å². The van der Waals surface area contributed by atoms with E-state index in [4.69, 9.17) is 0 Å². The summed E-state index contributed by atoms with van der Waals surface area (Å²) in [5.41, 5.74) is -0.395. The predicted molar refractivity (Wildman–Crippen MR) is 95.5 cm³/mol. The number of halogens is 3. The molecule has 2 aromatic rings. The minimum atomic E-state index is -4.45. The molecule has 1 N–H and O–H groups in total. The molecule has 6 nitrogen and oxygen atoms in total. The number of benzene rings is 1. The first-order valence-corrected chi connectivity index (χ1v) is 9.38. The van der Waals surface area contributed by atoms with E-state index < -0.39 is 17.6 Å². The van der Waals surface area contributed by atoms with Gasteiger partial charge in [0.15, 0.2) is 0 Å². The summed E-state index contributed by atoms with van der Waals surface area (Å²) >= 11 is 1.07. The van der Waals surface area contributed by atoms with E-state index >= 15 is 0 Å². The van der Waals surface area contributed by atoms with Crippen LogP contribution in [0.25, 0.3) is 10.6 Å². The van der Waals surface area contributed by atoms with Gasteiger partial charge in [-0.15, -0.1) is 11.3 Å². The van der Waals surface area contributed by atoms with Crippen molar-refractivity contribution >= 4 is 29.1 Å². The van der Waals surface area contributed by atoms with E-state index in [0.29, 0.717) is 11.4 Å². The molecule has 0 atom stereocenters. The van der Waals surface area contributed by atoms with Crippen LogP contribution >= 0.6 is 11.3 Å². The minimum absolute atomic E-state index is 0.103. The van der Waals surface area contributed by atoms with Crippen molar-refractivity contribution in [2.75, 3.05) is 13.1 Å². The van der Waals surface area contributed by atoms with Crippen molar-refractivity contribution in [3.8, 4) is 10.6 Å². The number of carbonyl (C=O) groups is 3. The maximum Gasteiger partial charge on any atom is 0.416 e. The molecular formula is C18H16F3N3O3S. The Morgan fingerprint density at radius 1 is 1.21 bits per heavy atom. The lowest BCUT2D eigenvalue weighted by Crippen LogP contribution is -2.33. The summed E-state index contributed by atoms with van der Waals surface area (Å²) in [6, 6.07) is 4.76. The molecule has 0 aliphatic carbocycles. The Morgan fingerprint density at radius 2 is 1.93 bits per heavy atom. The van der Waals surface area contributed by atoms with Crippen LogP contribution in [-0.4, -0.2) is 40.7 Å². The number of amides is 3. The van der Waals surface area contributed by atoms with Crippen LogP contribution in [0.15, 0.2) is 29.6 Å². The van der Waals surface area contributed by atoms with Crippen LogP contribution in [0.5, 0.6) is 0 Å². The standard InChI is InChI=1S/C18H16F3N3O3S/c19-18(20,21)12-4-1-3-11(9-12)17-23-13(10-28-17)16(27)22-7-2-8-24-14(25)5-6-15(24)26/h1,3-4,9-10H,2,5-8H2,(H,22,27). The number of nitrogens with zero attached hydrogens (tertiary/aromatic N) is 2. The quantitative estimate of drug-likeness (QED) is 0.585. The van der Waals surface area contributed by atoms with Crippen LogP contribution in [-0.2, 0) is 15.8 Å². The zero-order chi connectivity index (χ0) is 20.3. The van der Waals surface area contributed by atoms with E-state index in [-0.39, 0.29) is 49.0 Å². The van der Waals surface area contributed by atoms with Crippen molar-refractivity contribution in [2.45, 2.75) is 25.4 Å². The average molecular weight is 411 g/mol. The second-order valence-electron chi connectivity index (χ2n) is 6.17. The lowest BCUT2D eigenvalue weighted by molar-refractivity contribution is -0.139. The number of likely N-dealkylation sites (tertiary alicyclic amines) is 1. The zero-order valence-electron chi connectivity index (χ0n) is 14.6. The fourth-order valence-electron chi connectivity index (χ4n) is 2.74. The summed E-state index contributed by atoms with van der Waals surface area (Å²) in [5.74, 6) is -0.878. The average Bonchev–Trinajstić information content (AvgIpc) is 3.26. The Kier molecular flexibility index (Phi) is 5.78. The van der Waals surface area contributed by atoms with Gasteiger partial charge in [-0.05, 0) is 18.6 Å². The van der Waals surface area contributed by atoms with Crippen molar-refractivity contribution in [3.63, 3.8) is 0 Å². The number of alkyl halides is 3. The highest BCUT2D eigenvalue weighted by Gasteiger charge is 2.31. The molecule has 0 radical (unpaired) electrons. The predicted octanol–water partition coefficient (Wildman–Crippen LogP) is 3.10. The first-order valence-electron chi connectivity index (χ1n) is 8.50. The molecule has 0 spiro atoms. The lowest BCUT2D eigenvalue weighted by Gasteiger charge is -2.13. The highest BCUT2D eigenvalue weighted by Crippen LogP contribution is 2.33. The number of carbonyl (C=O) groups excluding carboxylic acids is 3. The zero-order valence-corrected chi connectivity index (χ0v) is 15.4. The van der Waals surface area contributed by atoms with Gasteiger partial charge < -0.3 is 5.32 Å². The van der Waals surface area contributed by atoms with Gasteiger partial charge in [0.2, 0.25) is 11.8 Å². The molecule has 3 amide bonds. The van der Waals surface area contributed by atoms with E-state index in [1.807, 2.05) is 0 Å². The first-order chi connectivity index (χ1) is 13.3. The normalized spacial score (nSPS) is 14.6. The van der Waals surface area contributed by atoms with Crippen LogP contribution < -0.4 is 5.32 Å². The van der Waals surface area contributed by atoms with Gasteiger partial charge in [0, 0.05) is 36.9 Å². The van der Waals surface area contributed by atoms with Gasteiger partial charge >= 0.3 is 6.18 Å². The SMILES string of the molecule is O=C(NCCCN1C(=O)CCC1=O)c1csc(-c2cccc(C(F)(F)F)c2)n1. The van der Waals surface area contributed by atoms with Gasteiger partial charge in [-0.2, -0.15) is 13.2 Å². The van der Waals surface area contributed by atoms with Gasteiger partial charge in [0.05, 0.1) is 5.56 Å². The Labute approximate surface area is 162 Å². The molecule has 148 valence electrons. The Balaban J connectivity index is 1.56. The van der Waals surface area contributed by atoms with Gasteiger partial charge in [0.1, 0.15) is 10.7 Å². The van der Waals surface area contributed by atoms with Crippen molar-refractivity contribution in [2.24, 2.45) is 0 Å². The van der Waals surface area contributed by atoms with E-state index in [9.17, 15) is 27.6 Å². The summed E-state index contributed by atoms with van der Waals surface area (Å²) < 4.78 is 38.5. The van der Waals surface area contributed by atoms with Gasteiger partial charge in [-0.1, -0.05) is 12.1 Å². The number of aromatic nitrogens is 1. The van der Waals surface area contributed by atoms with Crippen molar-refractivity contribution in [1.29, 1.82) is 0 Å². The molecule has 2 heterocycles. The van der Waals surface area contributed by atoms with Crippen LogP contribution in [0.1, 0.15) is 35.3 Å². The number of imide groups is 1. The summed E-state index contributed by atoms with van der Waals surface area (Å²) in [6.45, 7) is 0.483. The van der Waals surface area contributed by atoms with Gasteiger partial charge in [0.25, 0.3) is 5.91 Å². The number of hydrogen-bond donors (Lipinski definition) is 1. The Morgan fingerprint density at radius 3 is 2.61 bits per heavy atom. The third-order valence-corrected chi connectivity index (χ3v) is 5.06. The summed E-state index contributed by atoms with van der Waals surface area (Å²) in [7, 11) is 0. The molecule has 1 fully saturated rings. The largest absolute Gasteiger partial charge is 0.416 e. The van der Waals surface area contributed by atoms with Crippen molar-refractivity contribution in [1.82, 2.24) is 15.2 Å². The maximum absolute atomic E-state index is 12.8. The number of hydrogen-bond acceptors (Lipinski definition) is 5. The van der Waals surface area contributed by atoms with Crippen LogP contribution in [0.4, 0.5) is 13.2 Å².